The van der Waals surface area contributed by atoms with Gasteiger partial charge in [0.05, 0.1) is 0 Å². The molecule has 7 heteroatoms. The summed E-state index contributed by atoms with van der Waals surface area (Å²) in [7, 11) is 0. The molecule has 0 aliphatic heterocycles. The van der Waals surface area contributed by atoms with E-state index in [9.17, 15) is 4.79 Å². The Hall–Kier alpha value is 3.17. The quantitative estimate of drug-likeness (QED) is 0.359. The maximum Gasteiger partial charge on any atom is 0.153 e. The molecule has 0 unspecified atom stereocenters. The number of hydrogen-bond acceptors (Lipinski definition) is 1. The second kappa shape index (κ2) is 15.1. The maximum atomic E-state index is 12.5. The summed E-state index contributed by atoms with van der Waals surface area (Å²) in [6, 6.07) is 16.0. The van der Waals surface area contributed by atoms with Crippen molar-refractivity contribution in [1.29, 1.82) is 0 Å². The Balaban J connectivity index is -0.000000882. The first-order valence-corrected chi connectivity index (χ1v) is 6.18. The summed E-state index contributed by atoms with van der Waals surface area (Å²) >= 11 is 0. The first kappa shape index (κ1) is 31.9. The van der Waals surface area contributed by atoms with Crippen LogP contribution in [-0.2, 0) is 164 Å². The van der Waals surface area contributed by atoms with Gasteiger partial charge in [-0.25, -0.2) is 0 Å². The van der Waals surface area contributed by atoms with Crippen molar-refractivity contribution in [1.82, 2.24) is 4.57 Å². The average molecular weight is 692 g/mol. The van der Waals surface area contributed by atoms with Crippen LogP contribution in [0.2, 0.25) is 0 Å². The van der Waals surface area contributed by atoms with Crippen molar-refractivity contribution in [3.8, 4) is 0 Å². The molecule has 2 nitrogen and oxygen atoms in total. The van der Waals surface area contributed by atoms with Crippen LogP contribution in [0, 0.1) is 26.1 Å². The van der Waals surface area contributed by atoms with E-state index < -0.39 is 0 Å². The molecule has 0 amide bonds. The van der Waals surface area contributed by atoms with E-state index in [4.69, 9.17) is 0 Å². The summed E-state index contributed by atoms with van der Waals surface area (Å²) in [6.45, 7) is 4.02. The number of fused-ring (bicyclic) bond motifs is 1. The molecular formula is C17H13NOY5-2. The number of carbonyl (C=O) groups is 1. The molecule has 1 heterocycles. The predicted octanol–water partition coefficient (Wildman–Crippen LogP) is 3.53. The maximum absolute atomic E-state index is 12.5. The molecule has 5 radical (unpaired) electrons. The molecule has 109 valence electrons. The second-order valence-electron chi connectivity index (χ2n) is 4.69. The van der Waals surface area contributed by atoms with E-state index in [1.54, 1.807) is 28.8 Å². The van der Waals surface area contributed by atoms with Gasteiger partial charge in [0.15, 0.2) is 5.91 Å². The summed E-state index contributed by atoms with van der Waals surface area (Å²) in [5, 5.41) is 1.08. The Morgan fingerprint density at radius 1 is 0.917 bits per heavy atom. The molecule has 24 heavy (non-hydrogen) atoms. The van der Waals surface area contributed by atoms with Crippen LogP contribution in [0.5, 0.6) is 0 Å². The number of aromatic nitrogens is 1. The fraction of sp³-hybridized carbons (Fsp3) is 0.118. The first-order chi connectivity index (χ1) is 9.16. The van der Waals surface area contributed by atoms with E-state index in [0.717, 1.165) is 16.5 Å². The van der Waals surface area contributed by atoms with Crippen molar-refractivity contribution in [2.75, 3.05) is 0 Å². The largest absolute Gasteiger partial charge is 0.412 e. The molecule has 0 aliphatic rings. The number of hydrogen-bond donors (Lipinski definition) is 0. The van der Waals surface area contributed by atoms with Gasteiger partial charge in [-0.1, -0.05) is 36.3 Å². The van der Waals surface area contributed by atoms with Crippen molar-refractivity contribution < 1.29 is 168 Å². The number of benzene rings is 2. The van der Waals surface area contributed by atoms with E-state index in [1.807, 2.05) is 26.0 Å². The molecular weight excluding hydrogens is 679 g/mol. The topological polar surface area (TPSA) is 22.0 Å². The van der Waals surface area contributed by atoms with Crippen LogP contribution in [0.15, 0.2) is 42.5 Å². The van der Waals surface area contributed by atoms with Gasteiger partial charge in [-0.3, -0.25) is 0 Å². The van der Waals surface area contributed by atoms with E-state index in [1.165, 1.54) is 5.56 Å². The monoisotopic (exact) mass is 692 g/mol. The van der Waals surface area contributed by atoms with Crippen molar-refractivity contribution in [2.24, 2.45) is 0 Å². The summed E-state index contributed by atoms with van der Waals surface area (Å²) < 4.78 is 1.60. The van der Waals surface area contributed by atoms with E-state index in [2.05, 4.69) is 18.3 Å². The molecule has 0 aliphatic carbocycles. The normalized spacial score (nSPS) is 8.58. The molecule has 3 rings (SSSR count). The minimum absolute atomic E-state index is 0. The minimum Gasteiger partial charge on any atom is -0.412 e. The molecule has 3 aromatic rings. The fourth-order valence-corrected chi connectivity index (χ4v) is 2.25. The molecule has 0 saturated carbocycles. The number of nitrogens with zero attached hydrogens (tertiary/aromatic N) is 1. The van der Waals surface area contributed by atoms with Crippen LogP contribution in [-0.4, -0.2) is 10.5 Å². The standard InChI is InChI=1S/C17H13NO.5Y/c1-12-8-9-16-15(10-12)13(2)11-18(16)17(19)14-6-4-3-5-7-14;;;;;/h4-10H,1-2H3;;;;;/q-2;;;;;. The zero-order valence-corrected chi connectivity index (χ0v) is 28.0. The van der Waals surface area contributed by atoms with Gasteiger partial charge >= 0.3 is 0 Å². The minimum atomic E-state index is -0.0593. The summed E-state index contributed by atoms with van der Waals surface area (Å²) in [6.07, 6.45) is 3.14. The van der Waals surface area contributed by atoms with Gasteiger partial charge in [-0.2, -0.15) is 30.3 Å². The zero-order chi connectivity index (χ0) is 13.4. The number of aryl methyl sites for hydroxylation is 2. The molecule has 0 spiro atoms. The van der Waals surface area contributed by atoms with Crippen LogP contribution < -0.4 is 0 Å². The van der Waals surface area contributed by atoms with Crippen LogP contribution in [0.25, 0.3) is 10.9 Å². The Kier molecular flexibility index (Phi) is 20.0. The smallest absolute Gasteiger partial charge is 0.153 e. The van der Waals surface area contributed by atoms with Gasteiger partial charge in [0.2, 0.25) is 0 Å². The van der Waals surface area contributed by atoms with E-state index >= 15 is 0 Å². The Morgan fingerprint density at radius 2 is 1.50 bits per heavy atom. The summed E-state index contributed by atoms with van der Waals surface area (Å²) in [5.41, 5.74) is 3.73. The summed E-state index contributed by atoms with van der Waals surface area (Å²) in [5.74, 6) is -0.0593. The Bertz CT molecular complexity index is 771. The predicted molar refractivity (Wildman–Crippen MR) is 75.3 cm³/mol. The van der Waals surface area contributed by atoms with Crippen LogP contribution in [0.1, 0.15) is 21.5 Å². The van der Waals surface area contributed by atoms with Crippen molar-refractivity contribution >= 4 is 16.8 Å². The molecule has 0 fully saturated rings. The van der Waals surface area contributed by atoms with Crippen molar-refractivity contribution in [3.05, 3.63) is 71.4 Å². The van der Waals surface area contributed by atoms with Gasteiger partial charge in [0, 0.05) is 164 Å². The molecule has 0 bridgehead atoms. The van der Waals surface area contributed by atoms with Crippen LogP contribution in [0.3, 0.4) is 0 Å². The zero-order valence-electron chi connectivity index (χ0n) is 13.8. The molecule has 0 atom stereocenters. The van der Waals surface area contributed by atoms with Crippen molar-refractivity contribution in [2.45, 2.75) is 13.8 Å². The van der Waals surface area contributed by atoms with E-state index in [-0.39, 0.29) is 169 Å². The molecule has 0 N–H and O–H groups in total. The van der Waals surface area contributed by atoms with Crippen LogP contribution in [0.4, 0.5) is 0 Å². The third kappa shape index (κ3) is 7.54. The van der Waals surface area contributed by atoms with Crippen molar-refractivity contribution in [3.63, 3.8) is 0 Å². The third-order valence-corrected chi connectivity index (χ3v) is 3.24. The van der Waals surface area contributed by atoms with Gasteiger partial charge in [-0.05, 0) is 6.92 Å². The molecule has 1 aromatic heterocycles. The molecule has 2 aromatic carbocycles. The van der Waals surface area contributed by atoms with Gasteiger partial charge in [0.25, 0.3) is 0 Å². The average Bonchev–Trinajstić information content (AvgIpc) is 2.76. The Labute approximate surface area is 269 Å². The van der Waals surface area contributed by atoms with Gasteiger partial charge in [0.1, 0.15) is 0 Å². The SMILES string of the molecule is Cc1ccc2c(c1)c(C)[c-]n2C(=O)c1cc[c-]cc1.[Y].[Y].[Y].[Y].[Y]. The third-order valence-electron chi connectivity index (χ3n) is 3.24. The van der Waals surface area contributed by atoms with Crippen LogP contribution >= 0.6 is 0 Å². The molecule has 0 saturated heterocycles. The number of rotatable bonds is 1. The fourth-order valence-electron chi connectivity index (χ4n) is 2.25. The Morgan fingerprint density at radius 3 is 2.08 bits per heavy atom. The number of carbonyl (C=O) groups excluding carboxylic acids is 1. The van der Waals surface area contributed by atoms with E-state index in [0.29, 0.717) is 5.56 Å². The second-order valence-corrected chi connectivity index (χ2v) is 4.69. The summed E-state index contributed by atoms with van der Waals surface area (Å²) in [4.78, 5) is 12.5. The van der Waals surface area contributed by atoms with Gasteiger partial charge in [-0.15, -0.1) is 22.6 Å². The van der Waals surface area contributed by atoms with Gasteiger partial charge < -0.3 is 9.36 Å². The first-order valence-electron chi connectivity index (χ1n) is 6.18.